The van der Waals surface area contributed by atoms with Crippen LogP contribution in [0.15, 0.2) is 48.8 Å². The normalized spacial score (nSPS) is 15.0. The Morgan fingerprint density at radius 1 is 1.14 bits per heavy atom. The van der Waals surface area contributed by atoms with Crippen LogP contribution in [0.3, 0.4) is 0 Å². The van der Waals surface area contributed by atoms with Crippen molar-refractivity contribution in [3.8, 4) is 5.75 Å². The van der Waals surface area contributed by atoms with Gasteiger partial charge in [0.2, 0.25) is 0 Å². The molecule has 2 amide bonds. The van der Waals surface area contributed by atoms with Crippen LogP contribution >= 0.6 is 0 Å². The quantitative estimate of drug-likeness (QED) is 0.747. The number of amides is 2. The molecule has 0 unspecified atom stereocenters. The predicted molar refractivity (Wildman–Crippen MR) is 107 cm³/mol. The fourth-order valence-electron chi connectivity index (χ4n) is 3.34. The Balaban J connectivity index is 1.40. The van der Waals surface area contributed by atoms with Crippen LogP contribution in [0, 0.1) is 5.92 Å². The third-order valence-electron chi connectivity index (χ3n) is 4.95. The maximum absolute atomic E-state index is 12.1. The van der Waals surface area contributed by atoms with Gasteiger partial charge in [-0.1, -0.05) is 18.2 Å². The Morgan fingerprint density at radius 3 is 2.64 bits per heavy atom. The topological polar surface area (TPSA) is 83.6 Å². The zero-order valence-electron chi connectivity index (χ0n) is 16.1. The summed E-state index contributed by atoms with van der Waals surface area (Å²) in [5, 5.41) is 5.35. The number of rotatable bonds is 6. The second-order valence-corrected chi connectivity index (χ2v) is 6.95. The van der Waals surface area contributed by atoms with Crippen LogP contribution in [-0.4, -0.2) is 48.4 Å². The highest BCUT2D eigenvalue weighted by molar-refractivity contribution is 6.39. The standard InChI is InChI=1S/C21H26N4O3/c1-28-19-7-3-2-6-18(19)24-21(27)20(26)23-14-16-8-11-25(12-9-16)15-17-5-4-10-22-13-17/h2-7,10,13,16H,8-9,11-12,14-15H2,1H3,(H,23,26)(H,24,27). The third-order valence-corrected chi connectivity index (χ3v) is 4.95. The van der Waals surface area contributed by atoms with Gasteiger partial charge in [0.25, 0.3) is 0 Å². The zero-order chi connectivity index (χ0) is 19.8. The van der Waals surface area contributed by atoms with Crippen molar-refractivity contribution in [1.29, 1.82) is 0 Å². The minimum absolute atomic E-state index is 0.383. The Bertz CT molecular complexity index is 789. The van der Waals surface area contributed by atoms with E-state index in [-0.39, 0.29) is 0 Å². The molecule has 28 heavy (non-hydrogen) atoms. The summed E-state index contributed by atoms with van der Waals surface area (Å²) in [4.78, 5) is 30.8. The molecule has 0 saturated carbocycles. The fourth-order valence-corrected chi connectivity index (χ4v) is 3.34. The third kappa shape index (κ3) is 5.53. The maximum atomic E-state index is 12.1. The van der Waals surface area contributed by atoms with Crippen molar-refractivity contribution in [3.05, 3.63) is 54.4 Å². The highest BCUT2D eigenvalue weighted by atomic mass is 16.5. The molecule has 1 aromatic carbocycles. The van der Waals surface area contributed by atoms with Crippen LogP contribution in [0.2, 0.25) is 0 Å². The number of para-hydroxylation sites is 2. The number of piperidine rings is 1. The molecule has 1 aliphatic heterocycles. The summed E-state index contributed by atoms with van der Waals surface area (Å²) < 4.78 is 5.18. The molecule has 2 heterocycles. The molecular formula is C21H26N4O3. The molecule has 148 valence electrons. The number of anilines is 1. The van der Waals surface area contributed by atoms with E-state index in [2.05, 4.69) is 26.6 Å². The van der Waals surface area contributed by atoms with E-state index < -0.39 is 11.8 Å². The minimum Gasteiger partial charge on any atom is -0.495 e. The molecule has 0 radical (unpaired) electrons. The van der Waals surface area contributed by atoms with Gasteiger partial charge in [-0.3, -0.25) is 19.5 Å². The van der Waals surface area contributed by atoms with Crippen molar-refractivity contribution in [3.63, 3.8) is 0 Å². The molecule has 0 spiro atoms. The van der Waals surface area contributed by atoms with Gasteiger partial charge in [0, 0.05) is 25.5 Å². The first-order chi connectivity index (χ1) is 13.7. The first-order valence-corrected chi connectivity index (χ1v) is 9.49. The minimum atomic E-state index is -0.682. The van der Waals surface area contributed by atoms with Gasteiger partial charge in [-0.05, 0) is 55.6 Å². The number of nitrogens with one attached hydrogen (secondary N) is 2. The Morgan fingerprint density at radius 2 is 1.93 bits per heavy atom. The van der Waals surface area contributed by atoms with Crippen LogP contribution in [0.5, 0.6) is 5.75 Å². The molecule has 7 heteroatoms. The van der Waals surface area contributed by atoms with Gasteiger partial charge < -0.3 is 15.4 Å². The number of aromatic nitrogens is 1. The molecule has 0 aliphatic carbocycles. The number of hydrogen-bond donors (Lipinski definition) is 2. The summed E-state index contributed by atoms with van der Waals surface area (Å²) in [5.74, 6) is -0.403. The van der Waals surface area contributed by atoms with Crippen molar-refractivity contribution in [2.45, 2.75) is 19.4 Å². The lowest BCUT2D eigenvalue weighted by Gasteiger charge is -2.31. The summed E-state index contributed by atoms with van der Waals surface area (Å²) >= 11 is 0. The van der Waals surface area contributed by atoms with Crippen molar-refractivity contribution < 1.29 is 14.3 Å². The van der Waals surface area contributed by atoms with E-state index in [1.807, 2.05) is 12.3 Å². The van der Waals surface area contributed by atoms with E-state index in [1.54, 1.807) is 30.5 Å². The largest absolute Gasteiger partial charge is 0.495 e. The Kier molecular flexibility index (Phi) is 6.97. The smallest absolute Gasteiger partial charge is 0.313 e. The number of carbonyl (C=O) groups excluding carboxylic acids is 2. The first kappa shape index (κ1) is 19.8. The SMILES string of the molecule is COc1ccccc1NC(=O)C(=O)NCC1CCN(Cc2cccnc2)CC1. The van der Waals surface area contributed by atoms with Crippen LogP contribution in [-0.2, 0) is 16.1 Å². The number of likely N-dealkylation sites (tertiary alicyclic amines) is 1. The van der Waals surface area contributed by atoms with Crippen LogP contribution in [0.25, 0.3) is 0 Å². The van der Waals surface area contributed by atoms with Crippen molar-refractivity contribution in [2.24, 2.45) is 5.92 Å². The highest BCUT2D eigenvalue weighted by Gasteiger charge is 2.22. The van der Waals surface area contributed by atoms with E-state index in [4.69, 9.17) is 4.74 Å². The highest BCUT2D eigenvalue weighted by Crippen LogP contribution is 2.23. The molecule has 7 nitrogen and oxygen atoms in total. The second-order valence-electron chi connectivity index (χ2n) is 6.95. The number of methoxy groups -OCH3 is 1. The van der Waals surface area contributed by atoms with E-state index in [0.717, 1.165) is 32.5 Å². The molecule has 1 fully saturated rings. The van der Waals surface area contributed by atoms with Gasteiger partial charge in [-0.15, -0.1) is 0 Å². The summed E-state index contributed by atoms with van der Waals surface area (Å²) in [7, 11) is 1.52. The van der Waals surface area contributed by atoms with Gasteiger partial charge in [-0.2, -0.15) is 0 Å². The van der Waals surface area contributed by atoms with Crippen molar-refractivity contribution >= 4 is 17.5 Å². The summed E-state index contributed by atoms with van der Waals surface area (Å²) in [6, 6.07) is 11.0. The number of benzene rings is 1. The van der Waals surface area contributed by atoms with E-state index in [0.29, 0.717) is 23.9 Å². The lowest BCUT2D eigenvalue weighted by Crippen LogP contribution is -2.41. The van der Waals surface area contributed by atoms with E-state index in [9.17, 15) is 9.59 Å². The van der Waals surface area contributed by atoms with Gasteiger partial charge in [-0.25, -0.2) is 0 Å². The van der Waals surface area contributed by atoms with E-state index >= 15 is 0 Å². The summed E-state index contributed by atoms with van der Waals surface area (Å²) in [6.07, 6.45) is 5.67. The monoisotopic (exact) mass is 382 g/mol. The van der Waals surface area contributed by atoms with E-state index in [1.165, 1.54) is 12.7 Å². The van der Waals surface area contributed by atoms with Gasteiger partial charge in [0.15, 0.2) is 0 Å². The molecule has 1 aromatic heterocycles. The fraction of sp³-hybridized carbons (Fsp3) is 0.381. The van der Waals surface area contributed by atoms with Gasteiger partial charge in [0.05, 0.1) is 12.8 Å². The molecule has 1 saturated heterocycles. The Hall–Kier alpha value is -2.93. The van der Waals surface area contributed by atoms with Crippen LogP contribution in [0.1, 0.15) is 18.4 Å². The number of carbonyl (C=O) groups is 2. The molecule has 1 aliphatic rings. The van der Waals surface area contributed by atoms with Crippen molar-refractivity contribution in [2.75, 3.05) is 32.1 Å². The second kappa shape index (κ2) is 9.85. The molecule has 0 atom stereocenters. The lowest BCUT2D eigenvalue weighted by atomic mass is 9.96. The molecule has 0 bridgehead atoms. The number of pyridine rings is 1. The maximum Gasteiger partial charge on any atom is 0.313 e. The molecule has 2 N–H and O–H groups in total. The first-order valence-electron chi connectivity index (χ1n) is 9.49. The number of hydrogen-bond acceptors (Lipinski definition) is 5. The van der Waals surface area contributed by atoms with Gasteiger partial charge >= 0.3 is 11.8 Å². The number of nitrogens with zero attached hydrogens (tertiary/aromatic N) is 2. The van der Waals surface area contributed by atoms with Crippen LogP contribution < -0.4 is 15.4 Å². The lowest BCUT2D eigenvalue weighted by molar-refractivity contribution is -0.136. The summed E-state index contributed by atoms with van der Waals surface area (Å²) in [5.41, 5.74) is 1.69. The Labute approximate surface area is 165 Å². The predicted octanol–water partition coefficient (Wildman–Crippen LogP) is 2.06. The average Bonchev–Trinajstić information content (AvgIpc) is 2.74. The summed E-state index contributed by atoms with van der Waals surface area (Å²) in [6.45, 7) is 3.36. The zero-order valence-corrected chi connectivity index (χ0v) is 16.1. The molecule has 2 aromatic rings. The molecular weight excluding hydrogens is 356 g/mol. The molecule has 3 rings (SSSR count). The van der Waals surface area contributed by atoms with Gasteiger partial charge in [0.1, 0.15) is 5.75 Å². The van der Waals surface area contributed by atoms with Crippen LogP contribution in [0.4, 0.5) is 5.69 Å². The average molecular weight is 382 g/mol. The number of ether oxygens (including phenoxy) is 1. The van der Waals surface area contributed by atoms with Crippen molar-refractivity contribution in [1.82, 2.24) is 15.2 Å².